The molecule has 0 unspecified atom stereocenters. The number of hydrogen-bond acceptors (Lipinski definition) is 2. The summed E-state index contributed by atoms with van der Waals surface area (Å²) < 4.78 is 0. The largest absolute Gasteiger partial charge is 0.351 e. The minimum Gasteiger partial charge on any atom is -0.351 e. The first-order chi connectivity index (χ1) is 8.25. The Morgan fingerprint density at radius 3 is 2.41 bits per heavy atom. The van der Waals surface area contributed by atoms with E-state index in [4.69, 9.17) is 5.73 Å². The summed E-state index contributed by atoms with van der Waals surface area (Å²) in [6.45, 7) is 2.78. The Balaban J connectivity index is 1.56. The average Bonchev–Trinajstić information content (AvgIpc) is 2.83. The third-order valence-electron chi connectivity index (χ3n) is 4.27. The van der Waals surface area contributed by atoms with Gasteiger partial charge in [-0.2, -0.15) is 0 Å². The number of nitrogens with two attached hydrogens (primary N) is 1. The number of piperidine rings is 1. The Labute approximate surface area is 104 Å². The Bertz CT molecular complexity index is 243. The number of amides is 2. The van der Waals surface area contributed by atoms with Crippen molar-refractivity contribution in [1.82, 2.24) is 10.2 Å². The Morgan fingerprint density at radius 2 is 1.82 bits per heavy atom. The minimum absolute atomic E-state index is 0.269. The highest BCUT2D eigenvalue weighted by molar-refractivity contribution is 5.72. The van der Waals surface area contributed by atoms with Crippen LogP contribution in [0.4, 0.5) is 4.79 Å². The first-order valence-corrected chi connectivity index (χ1v) is 7.03. The van der Waals surface area contributed by atoms with Gasteiger partial charge in [-0.15, -0.1) is 0 Å². The number of nitrogens with zero attached hydrogens (tertiary/aromatic N) is 1. The van der Waals surface area contributed by atoms with E-state index in [2.05, 4.69) is 5.32 Å². The van der Waals surface area contributed by atoms with Crippen LogP contribution in [-0.2, 0) is 0 Å². The van der Waals surface area contributed by atoms with Crippen LogP contribution in [0, 0.1) is 5.92 Å². The van der Waals surface area contributed by atoms with Gasteiger partial charge in [0.1, 0.15) is 0 Å². The molecule has 4 nitrogen and oxygen atoms in total. The lowest BCUT2D eigenvalue weighted by molar-refractivity contribution is 0.185. The Kier molecular flexibility index (Phi) is 4.66. The SMILES string of the molecule is NC(=O)N1CCC(NCCC2CCCC2)CC1. The van der Waals surface area contributed by atoms with Crippen molar-refractivity contribution in [3.63, 3.8) is 0 Å². The lowest BCUT2D eigenvalue weighted by Crippen LogP contribution is -2.47. The molecule has 0 bridgehead atoms. The third-order valence-corrected chi connectivity index (χ3v) is 4.27. The number of carbonyl (C=O) groups excluding carboxylic acids is 1. The molecule has 0 aromatic carbocycles. The monoisotopic (exact) mass is 239 g/mol. The molecule has 0 atom stereocenters. The molecule has 2 rings (SSSR count). The van der Waals surface area contributed by atoms with Crippen LogP contribution in [0.5, 0.6) is 0 Å². The fourth-order valence-corrected chi connectivity index (χ4v) is 3.09. The van der Waals surface area contributed by atoms with Crippen LogP contribution in [-0.4, -0.2) is 36.6 Å². The molecular formula is C13H25N3O. The molecule has 1 aliphatic carbocycles. The predicted octanol–water partition coefficient (Wildman–Crippen LogP) is 1.70. The second kappa shape index (κ2) is 6.24. The van der Waals surface area contributed by atoms with Crippen molar-refractivity contribution in [1.29, 1.82) is 0 Å². The summed E-state index contributed by atoms with van der Waals surface area (Å²) in [5, 5.41) is 3.63. The summed E-state index contributed by atoms with van der Waals surface area (Å²) >= 11 is 0. The number of nitrogens with one attached hydrogen (secondary N) is 1. The number of urea groups is 1. The number of hydrogen-bond donors (Lipinski definition) is 2. The van der Waals surface area contributed by atoms with Crippen molar-refractivity contribution >= 4 is 6.03 Å². The van der Waals surface area contributed by atoms with E-state index in [-0.39, 0.29) is 6.03 Å². The summed E-state index contributed by atoms with van der Waals surface area (Å²) in [5.41, 5.74) is 5.26. The summed E-state index contributed by atoms with van der Waals surface area (Å²) in [4.78, 5) is 12.7. The number of likely N-dealkylation sites (tertiary alicyclic amines) is 1. The molecule has 0 aromatic heterocycles. The van der Waals surface area contributed by atoms with Crippen LogP contribution in [0.3, 0.4) is 0 Å². The summed E-state index contributed by atoms with van der Waals surface area (Å²) in [5.74, 6) is 0.966. The first kappa shape index (κ1) is 12.7. The fraction of sp³-hybridized carbons (Fsp3) is 0.923. The number of rotatable bonds is 4. The van der Waals surface area contributed by atoms with Gasteiger partial charge in [0.15, 0.2) is 0 Å². The molecule has 2 aliphatic rings. The second-order valence-electron chi connectivity index (χ2n) is 5.49. The smallest absolute Gasteiger partial charge is 0.314 e. The van der Waals surface area contributed by atoms with Crippen molar-refractivity contribution in [3.8, 4) is 0 Å². The second-order valence-corrected chi connectivity index (χ2v) is 5.49. The van der Waals surface area contributed by atoms with Crippen molar-refractivity contribution in [2.24, 2.45) is 11.7 Å². The van der Waals surface area contributed by atoms with Gasteiger partial charge in [0.25, 0.3) is 0 Å². The molecule has 1 aliphatic heterocycles. The van der Waals surface area contributed by atoms with Gasteiger partial charge < -0.3 is 16.0 Å². The van der Waals surface area contributed by atoms with Crippen molar-refractivity contribution in [3.05, 3.63) is 0 Å². The van der Waals surface area contributed by atoms with Gasteiger partial charge >= 0.3 is 6.03 Å². The van der Waals surface area contributed by atoms with E-state index < -0.39 is 0 Å². The van der Waals surface area contributed by atoms with Crippen LogP contribution in [0.1, 0.15) is 44.9 Å². The molecule has 0 radical (unpaired) electrons. The van der Waals surface area contributed by atoms with E-state index in [1.54, 1.807) is 4.90 Å². The lowest BCUT2D eigenvalue weighted by Gasteiger charge is -2.31. The molecule has 3 N–H and O–H groups in total. The Morgan fingerprint density at radius 1 is 1.18 bits per heavy atom. The zero-order chi connectivity index (χ0) is 12.1. The van der Waals surface area contributed by atoms with Gasteiger partial charge in [0.2, 0.25) is 0 Å². The maximum Gasteiger partial charge on any atom is 0.314 e. The average molecular weight is 239 g/mol. The fourth-order valence-electron chi connectivity index (χ4n) is 3.09. The van der Waals surface area contributed by atoms with E-state index in [1.807, 2.05) is 0 Å². The highest BCUT2D eigenvalue weighted by atomic mass is 16.2. The molecule has 1 saturated heterocycles. The number of primary amides is 1. The molecule has 2 amide bonds. The van der Waals surface area contributed by atoms with Gasteiger partial charge in [-0.1, -0.05) is 25.7 Å². The molecular weight excluding hydrogens is 214 g/mol. The molecule has 98 valence electrons. The zero-order valence-electron chi connectivity index (χ0n) is 10.7. The maximum atomic E-state index is 11.0. The summed E-state index contributed by atoms with van der Waals surface area (Å²) in [7, 11) is 0. The molecule has 1 saturated carbocycles. The standard InChI is InChI=1S/C13H25N3O/c14-13(17)16-9-6-12(7-10-16)15-8-5-11-3-1-2-4-11/h11-12,15H,1-10H2,(H2,14,17). The van der Waals surface area contributed by atoms with Crippen LogP contribution in [0.15, 0.2) is 0 Å². The van der Waals surface area contributed by atoms with Crippen LogP contribution in [0.2, 0.25) is 0 Å². The van der Waals surface area contributed by atoms with Crippen LogP contribution < -0.4 is 11.1 Å². The van der Waals surface area contributed by atoms with Crippen molar-refractivity contribution < 1.29 is 4.79 Å². The van der Waals surface area contributed by atoms with Crippen LogP contribution >= 0.6 is 0 Å². The highest BCUT2D eigenvalue weighted by Gasteiger charge is 2.21. The van der Waals surface area contributed by atoms with Gasteiger partial charge in [0.05, 0.1) is 0 Å². The van der Waals surface area contributed by atoms with Gasteiger partial charge in [-0.3, -0.25) is 0 Å². The molecule has 2 fully saturated rings. The van der Waals surface area contributed by atoms with E-state index in [0.717, 1.165) is 38.4 Å². The van der Waals surface area contributed by atoms with Gasteiger partial charge in [0, 0.05) is 19.1 Å². The molecule has 4 heteroatoms. The highest BCUT2D eigenvalue weighted by Crippen LogP contribution is 2.27. The van der Waals surface area contributed by atoms with Gasteiger partial charge in [-0.05, 0) is 31.7 Å². The van der Waals surface area contributed by atoms with E-state index in [9.17, 15) is 4.79 Å². The third kappa shape index (κ3) is 3.87. The van der Waals surface area contributed by atoms with E-state index in [1.165, 1.54) is 32.1 Å². The normalized spacial score (nSPS) is 23.2. The molecule has 0 aromatic rings. The van der Waals surface area contributed by atoms with E-state index >= 15 is 0 Å². The minimum atomic E-state index is -0.269. The van der Waals surface area contributed by atoms with Gasteiger partial charge in [-0.25, -0.2) is 4.79 Å². The zero-order valence-corrected chi connectivity index (χ0v) is 10.7. The first-order valence-electron chi connectivity index (χ1n) is 7.03. The quantitative estimate of drug-likeness (QED) is 0.784. The molecule has 0 spiro atoms. The Hall–Kier alpha value is -0.770. The van der Waals surface area contributed by atoms with Crippen LogP contribution in [0.25, 0.3) is 0 Å². The summed E-state index contributed by atoms with van der Waals surface area (Å²) in [6, 6.07) is 0.321. The lowest BCUT2D eigenvalue weighted by atomic mass is 10.0. The molecule has 1 heterocycles. The molecule has 17 heavy (non-hydrogen) atoms. The topological polar surface area (TPSA) is 58.4 Å². The number of carbonyl (C=O) groups is 1. The van der Waals surface area contributed by atoms with Crippen molar-refractivity contribution in [2.45, 2.75) is 51.0 Å². The van der Waals surface area contributed by atoms with Crippen molar-refractivity contribution in [2.75, 3.05) is 19.6 Å². The van der Waals surface area contributed by atoms with E-state index in [0.29, 0.717) is 6.04 Å². The maximum absolute atomic E-state index is 11.0. The summed E-state index contributed by atoms with van der Waals surface area (Å²) in [6.07, 6.45) is 9.16. The predicted molar refractivity (Wildman–Crippen MR) is 68.8 cm³/mol.